The van der Waals surface area contributed by atoms with E-state index in [0.29, 0.717) is 44.8 Å². The summed E-state index contributed by atoms with van der Waals surface area (Å²) in [6.07, 6.45) is 4.14. The first-order valence-corrected chi connectivity index (χ1v) is 13.1. The number of nitrogens with zero attached hydrogens (tertiary/aromatic N) is 1. The van der Waals surface area contributed by atoms with E-state index in [-0.39, 0.29) is 47.1 Å². The number of hydrogen-bond acceptors (Lipinski definition) is 6. The molecule has 0 spiro atoms. The summed E-state index contributed by atoms with van der Waals surface area (Å²) < 4.78 is 12.0. The number of aryl methyl sites for hydroxylation is 1. The molecule has 1 atom stereocenters. The summed E-state index contributed by atoms with van der Waals surface area (Å²) in [5.74, 6) is -0.0719. The first-order chi connectivity index (χ1) is 18.2. The zero-order chi connectivity index (χ0) is 27.0. The van der Waals surface area contributed by atoms with Gasteiger partial charge in [-0.25, -0.2) is 9.78 Å². The third-order valence-electron chi connectivity index (χ3n) is 6.61. The number of carboxylic acids is 1. The predicted octanol–water partition coefficient (Wildman–Crippen LogP) is 7.48. The third kappa shape index (κ3) is 5.46. The van der Waals surface area contributed by atoms with Crippen LogP contribution in [0.4, 0.5) is 0 Å². The van der Waals surface area contributed by atoms with Crippen LogP contribution in [-0.2, 0) is 6.42 Å². The number of hydrogen-bond donors (Lipinski definition) is 3. The Hall–Kier alpha value is -3.26. The Morgan fingerprint density at radius 2 is 1.79 bits per heavy atom. The number of rotatable bonds is 8. The van der Waals surface area contributed by atoms with Crippen LogP contribution >= 0.6 is 34.8 Å². The second-order valence-electron chi connectivity index (χ2n) is 9.22. The Bertz CT molecular complexity index is 1450. The minimum absolute atomic E-state index is 0.00644. The highest BCUT2D eigenvalue weighted by molar-refractivity contribution is 6.41. The van der Waals surface area contributed by atoms with E-state index in [2.05, 4.69) is 4.98 Å². The molecule has 1 aliphatic heterocycles. The molecule has 38 heavy (non-hydrogen) atoms. The van der Waals surface area contributed by atoms with Crippen LogP contribution in [0.25, 0.3) is 0 Å². The second kappa shape index (κ2) is 10.8. The predicted molar refractivity (Wildman–Crippen MR) is 146 cm³/mol. The lowest BCUT2D eigenvalue weighted by Crippen LogP contribution is -2.18. The maximum atomic E-state index is 11.2. The van der Waals surface area contributed by atoms with Crippen molar-refractivity contribution in [1.29, 1.82) is 5.41 Å². The number of aromatic carboxylic acids is 1. The van der Waals surface area contributed by atoms with E-state index in [9.17, 15) is 15.0 Å². The Labute approximate surface area is 234 Å². The van der Waals surface area contributed by atoms with Gasteiger partial charge in [0.05, 0.1) is 31.9 Å². The smallest absolute Gasteiger partial charge is 0.335 e. The number of carbonyl (C=O) groups is 1. The fourth-order valence-corrected chi connectivity index (χ4v) is 5.24. The number of fused-ring (bicyclic) bond motifs is 1. The molecule has 0 amide bonds. The van der Waals surface area contributed by atoms with Crippen molar-refractivity contribution in [2.75, 3.05) is 6.61 Å². The van der Waals surface area contributed by atoms with Crippen LogP contribution in [-0.4, -0.2) is 33.5 Å². The first kappa shape index (κ1) is 26.4. The topological polar surface area (TPSA) is 113 Å². The number of aliphatic hydroxyl groups is 1. The van der Waals surface area contributed by atoms with Crippen molar-refractivity contribution in [2.24, 2.45) is 5.92 Å². The minimum atomic E-state index is -0.980. The van der Waals surface area contributed by atoms with E-state index in [1.54, 1.807) is 42.6 Å². The molecular weight excluding hydrogens is 551 g/mol. The van der Waals surface area contributed by atoms with Crippen LogP contribution in [0.2, 0.25) is 15.1 Å². The number of aliphatic hydroxyl groups excluding tert-OH is 1. The van der Waals surface area contributed by atoms with Crippen LogP contribution in [0.1, 0.15) is 52.4 Å². The van der Waals surface area contributed by atoms with Crippen LogP contribution in [0.15, 0.2) is 60.0 Å². The van der Waals surface area contributed by atoms with Crippen LogP contribution in [0.3, 0.4) is 0 Å². The Kier molecular flexibility index (Phi) is 7.52. The van der Waals surface area contributed by atoms with Crippen molar-refractivity contribution in [3.63, 3.8) is 0 Å². The zero-order valence-electron chi connectivity index (χ0n) is 20.0. The average molecular weight is 574 g/mol. The largest absolute Gasteiger partial charge is 0.512 e. The third-order valence-corrected chi connectivity index (χ3v) is 7.57. The van der Waals surface area contributed by atoms with Crippen molar-refractivity contribution in [3.8, 4) is 11.6 Å². The summed E-state index contributed by atoms with van der Waals surface area (Å²) >= 11 is 19.2. The van der Waals surface area contributed by atoms with Gasteiger partial charge in [-0.15, -0.1) is 0 Å². The zero-order valence-corrected chi connectivity index (χ0v) is 22.3. The second-order valence-corrected chi connectivity index (χ2v) is 10.4. The molecule has 2 aromatic carbocycles. The van der Waals surface area contributed by atoms with E-state index < -0.39 is 5.97 Å². The van der Waals surface area contributed by atoms with Gasteiger partial charge in [0.2, 0.25) is 5.88 Å². The highest BCUT2D eigenvalue weighted by Crippen LogP contribution is 2.40. The molecule has 1 aromatic heterocycles. The van der Waals surface area contributed by atoms with Gasteiger partial charge < -0.3 is 19.7 Å². The van der Waals surface area contributed by atoms with E-state index in [1.165, 1.54) is 6.07 Å². The summed E-state index contributed by atoms with van der Waals surface area (Å²) in [7, 11) is 0. The summed E-state index contributed by atoms with van der Waals surface area (Å²) in [6, 6.07) is 11.3. The molecule has 3 N–H and O–H groups in total. The minimum Gasteiger partial charge on any atom is -0.512 e. The van der Waals surface area contributed by atoms with Gasteiger partial charge in [-0.1, -0.05) is 40.9 Å². The fourth-order valence-electron chi connectivity index (χ4n) is 4.39. The molecule has 196 valence electrons. The molecule has 10 heteroatoms. The van der Waals surface area contributed by atoms with Crippen molar-refractivity contribution in [2.45, 2.75) is 31.8 Å². The number of carboxylic acid groups (broad SMARTS) is 1. The van der Waals surface area contributed by atoms with Gasteiger partial charge in [0, 0.05) is 29.3 Å². The van der Waals surface area contributed by atoms with Crippen LogP contribution in [0.5, 0.6) is 11.6 Å². The number of nitrogens with one attached hydrogen (secondary N) is 1. The van der Waals surface area contributed by atoms with Gasteiger partial charge >= 0.3 is 5.97 Å². The van der Waals surface area contributed by atoms with E-state index in [0.717, 1.165) is 18.4 Å². The summed E-state index contributed by atoms with van der Waals surface area (Å²) in [5, 5.41) is 29.8. The summed E-state index contributed by atoms with van der Waals surface area (Å²) in [6.45, 7) is -0.120. The van der Waals surface area contributed by atoms with Crippen molar-refractivity contribution < 1.29 is 24.5 Å². The molecule has 1 fully saturated rings. The molecule has 5 rings (SSSR count). The van der Waals surface area contributed by atoms with E-state index >= 15 is 0 Å². The Morgan fingerprint density at radius 1 is 1.05 bits per heavy atom. The monoisotopic (exact) mass is 572 g/mol. The maximum Gasteiger partial charge on any atom is 0.335 e. The van der Waals surface area contributed by atoms with Crippen molar-refractivity contribution in [3.05, 3.63) is 97.3 Å². The Balaban J connectivity index is 1.32. The molecule has 1 aliphatic carbocycles. The summed E-state index contributed by atoms with van der Waals surface area (Å²) in [4.78, 5) is 15.6. The molecule has 0 radical (unpaired) electrons. The summed E-state index contributed by atoms with van der Waals surface area (Å²) in [5.41, 5.74) is 2.34. The van der Waals surface area contributed by atoms with Gasteiger partial charge in [0.25, 0.3) is 0 Å². The van der Waals surface area contributed by atoms with Crippen LogP contribution < -0.4 is 9.47 Å². The molecule has 1 saturated carbocycles. The average Bonchev–Trinajstić information content (AvgIpc) is 3.74. The Morgan fingerprint density at radius 3 is 2.45 bits per heavy atom. The number of benzene rings is 2. The van der Waals surface area contributed by atoms with E-state index in [4.69, 9.17) is 49.7 Å². The quantitative estimate of drug-likeness (QED) is 0.190. The lowest BCUT2D eigenvalue weighted by Gasteiger charge is -2.27. The highest BCUT2D eigenvalue weighted by Gasteiger charge is 2.31. The van der Waals surface area contributed by atoms with Gasteiger partial charge in [-0.05, 0) is 61.6 Å². The molecule has 1 unspecified atom stereocenters. The number of halogens is 3. The van der Waals surface area contributed by atoms with Crippen molar-refractivity contribution >= 4 is 46.5 Å². The van der Waals surface area contributed by atoms with Gasteiger partial charge in [-0.3, -0.25) is 5.41 Å². The lowest BCUT2D eigenvalue weighted by molar-refractivity contribution is 0.0696. The molecular formula is C28H23Cl3N2O5. The highest BCUT2D eigenvalue weighted by atomic mass is 35.5. The number of allylic oxidation sites excluding steroid dienone is 1. The number of ether oxygens (including phenoxy) is 2. The SMILES string of the molecule is N=C(/C(COc1cc(Cl)c(C2CCc3cc(C(=O)O)ccc3O2)cn1)=C(\O)C1CC1)c1c(Cl)cccc1Cl. The van der Waals surface area contributed by atoms with Gasteiger partial charge in [0.1, 0.15) is 24.2 Å². The maximum absolute atomic E-state index is 11.2. The molecule has 7 nitrogen and oxygen atoms in total. The first-order valence-electron chi connectivity index (χ1n) is 12.0. The normalized spacial score (nSPS) is 17.2. The fraction of sp³-hybridized carbons (Fsp3) is 0.250. The standard InChI is InChI=1S/C28H23Cl3N2O5/c29-19-2-1-3-20(30)25(19)26(32)18(27(34)14-4-5-14)13-37-24-11-21(31)17(12-33-24)23-9-6-15-10-16(28(35)36)7-8-22(15)38-23/h1-3,7-8,10-12,14,23,32,34H,4-6,9,13H2,(H,35,36)/b27-18-,32-26?. The van der Waals surface area contributed by atoms with Gasteiger partial charge in [0.15, 0.2) is 0 Å². The molecule has 2 heterocycles. The number of aromatic nitrogens is 1. The lowest BCUT2D eigenvalue weighted by atomic mass is 9.97. The van der Waals surface area contributed by atoms with Gasteiger partial charge in [-0.2, -0.15) is 0 Å². The molecule has 2 aliphatic rings. The van der Waals surface area contributed by atoms with E-state index in [1.807, 2.05) is 0 Å². The number of pyridine rings is 1. The molecule has 3 aromatic rings. The molecule has 0 bridgehead atoms. The molecule has 0 saturated heterocycles. The van der Waals surface area contributed by atoms with Crippen molar-refractivity contribution in [1.82, 2.24) is 4.98 Å². The van der Waals surface area contributed by atoms with Crippen LogP contribution in [0, 0.1) is 11.3 Å².